The zero-order valence-electron chi connectivity index (χ0n) is 11.8. The second-order valence-corrected chi connectivity index (χ2v) is 5.25. The SMILES string of the molecule is Nc1ncccc1NCc1cccc(-c2ccc(Cl)nc2)c1. The molecule has 3 rings (SSSR count). The highest BCUT2D eigenvalue weighted by Gasteiger charge is 2.02. The van der Waals surface area contributed by atoms with Crippen LogP contribution in [0.1, 0.15) is 5.56 Å². The molecule has 0 saturated heterocycles. The molecule has 3 N–H and O–H groups in total. The van der Waals surface area contributed by atoms with Crippen molar-refractivity contribution < 1.29 is 0 Å². The third kappa shape index (κ3) is 3.35. The van der Waals surface area contributed by atoms with Gasteiger partial charge in [-0.15, -0.1) is 0 Å². The van der Waals surface area contributed by atoms with Crippen LogP contribution in [0.3, 0.4) is 0 Å². The molecule has 2 heterocycles. The molecule has 3 aromatic rings. The topological polar surface area (TPSA) is 63.8 Å². The van der Waals surface area contributed by atoms with E-state index in [0.717, 1.165) is 22.4 Å². The first-order valence-corrected chi connectivity index (χ1v) is 7.25. The van der Waals surface area contributed by atoms with Gasteiger partial charge in [0.2, 0.25) is 0 Å². The zero-order chi connectivity index (χ0) is 15.4. The summed E-state index contributed by atoms with van der Waals surface area (Å²) in [6.45, 7) is 0.671. The van der Waals surface area contributed by atoms with Gasteiger partial charge in [0.25, 0.3) is 0 Å². The number of nitrogen functional groups attached to an aromatic ring is 1. The number of hydrogen-bond acceptors (Lipinski definition) is 4. The number of benzene rings is 1. The fraction of sp³-hybridized carbons (Fsp3) is 0.0588. The number of nitrogens with two attached hydrogens (primary N) is 1. The summed E-state index contributed by atoms with van der Waals surface area (Å²) in [7, 11) is 0. The average molecular weight is 311 g/mol. The van der Waals surface area contributed by atoms with E-state index >= 15 is 0 Å². The number of nitrogens with zero attached hydrogens (tertiary/aromatic N) is 2. The van der Waals surface area contributed by atoms with Crippen molar-refractivity contribution in [1.82, 2.24) is 9.97 Å². The summed E-state index contributed by atoms with van der Waals surface area (Å²) < 4.78 is 0. The standard InChI is InChI=1S/C17H15ClN4/c18-16-7-6-14(11-22-16)13-4-1-3-12(9-13)10-21-15-5-2-8-20-17(15)19/h1-9,11,21H,10H2,(H2,19,20). The number of halogens is 1. The molecule has 0 amide bonds. The molecule has 22 heavy (non-hydrogen) atoms. The molecule has 2 aromatic heterocycles. The molecule has 0 bridgehead atoms. The van der Waals surface area contributed by atoms with Gasteiger partial charge in [-0.25, -0.2) is 9.97 Å². The third-order valence-electron chi connectivity index (χ3n) is 3.31. The van der Waals surface area contributed by atoms with Gasteiger partial charge in [-0.05, 0) is 41.5 Å². The minimum absolute atomic E-state index is 0.494. The number of anilines is 2. The van der Waals surface area contributed by atoms with E-state index in [2.05, 4.69) is 27.4 Å². The predicted molar refractivity (Wildman–Crippen MR) is 90.7 cm³/mol. The summed E-state index contributed by atoms with van der Waals surface area (Å²) in [5.74, 6) is 0.501. The van der Waals surface area contributed by atoms with Crippen LogP contribution < -0.4 is 11.1 Å². The molecule has 4 nitrogen and oxygen atoms in total. The molecular weight excluding hydrogens is 296 g/mol. The molecule has 110 valence electrons. The molecule has 0 radical (unpaired) electrons. The fourth-order valence-electron chi connectivity index (χ4n) is 2.17. The Bertz CT molecular complexity index is 772. The van der Waals surface area contributed by atoms with E-state index in [0.29, 0.717) is 17.5 Å². The molecule has 0 saturated carbocycles. The fourth-order valence-corrected chi connectivity index (χ4v) is 2.28. The summed E-state index contributed by atoms with van der Waals surface area (Å²) in [5.41, 5.74) is 9.94. The molecule has 0 aliphatic rings. The molecule has 5 heteroatoms. The monoisotopic (exact) mass is 310 g/mol. The molecule has 1 aromatic carbocycles. The number of hydrogen-bond donors (Lipinski definition) is 2. The highest BCUT2D eigenvalue weighted by Crippen LogP contribution is 2.22. The van der Waals surface area contributed by atoms with Crippen molar-refractivity contribution in [2.75, 3.05) is 11.1 Å². The van der Waals surface area contributed by atoms with Gasteiger partial charge in [0.15, 0.2) is 0 Å². The first kappa shape index (κ1) is 14.4. The minimum Gasteiger partial charge on any atom is -0.382 e. The molecule has 0 spiro atoms. The first-order valence-electron chi connectivity index (χ1n) is 6.87. The van der Waals surface area contributed by atoms with E-state index < -0.39 is 0 Å². The summed E-state index contributed by atoms with van der Waals surface area (Å²) in [5, 5.41) is 3.79. The van der Waals surface area contributed by atoms with Crippen molar-refractivity contribution in [3.05, 3.63) is 71.6 Å². The number of aromatic nitrogens is 2. The second-order valence-electron chi connectivity index (χ2n) is 4.86. The summed E-state index contributed by atoms with van der Waals surface area (Å²) in [6.07, 6.45) is 3.45. The van der Waals surface area contributed by atoms with Crippen molar-refractivity contribution >= 4 is 23.1 Å². The Kier molecular flexibility index (Phi) is 4.21. The summed E-state index contributed by atoms with van der Waals surface area (Å²) in [4.78, 5) is 8.17. The van der Waals surface area contributed by atoms with E-state index in [1.54, 1.807) is 18.5 Å². The first-order chi connectivity index (χ1) is 10.7. The lowest BCUT2D eigenvalue weighted by Crippen LogP contribution is -2.03. The molecule has 0 aliphatic carbocycles. The molecular formula is C17H15ClN4. The second kappa shape index (κ2) is 6.45. The Hall–Kier alpha value is -2.59. The van der Waals surface area contributed by atoms with Crippen molar-refractivity contribution in [1.29, 1.82) is 0 Å². The molecule has 0 unspecified atom stereocenters. The largest absolute Gasteiger partial charge is 0.382 e. The maximum Gasteiger partial charge on any atom is 0.146 e. The van der Waals surface area contributed by atoms with Crippen LogP contribution in [0.5, 0.6) is 0 Å². The van der Waals surface area contributed by atoms with Crippen molar-refractivity contribution in [2.45, 2.75) is 6.54 Å². The Morgan fingerprint density at radius 1 is 1.00 bits per heavy atom. The Labute approximate surface area is 134 Å². The number of rotatable bonds is 4. The Morgan fingerprint density at radius 3 is 2.68 bits per heavy atom. The van der Waals surface area contributed by atoms with Gasteiger partial charge >= 0.3 is 0 Å². The molecule has 0 atom stereocenters. The van der Waals surface area contributed by atoms with Crippen LogP contribution in [0.25, 0.3) is 11.1 Å². The predicted octanol–water partition coefficient (Wildman–Crippen LogP) is 3.99. The van der Waals surface area contributed by atoms with Crippen molar-refractivity contribution in [2.24, 2.45) is 0 Å². The molecule has 0 fully saturated rings. The number of nitrogens with one attached hydrogen (secondary N) is 1. The Balaban J connectivity index is 1.77. The Morgan fingerprint density at radius 2 is 1.91 bits per heavy atom. The highest BCUT2D eigenvalue weighted by atomic mass is 35.5. The summed E-state index contributed by atoms with van der Waals surface area (Å²) in [6, 6.07) is 15.8. The van der Waals surface area contributed by atoms with Crippen LogP contribution in [0, 0.1) is 0 Å². The zero-order valence-corrected chi connectivity index (χ0v) is 12.6. The van der Waals surface area contributed by atoms with Gasteiger partial charge in [-0.1, -0.05) is 29.8 Å². The van der Waals surface area contributed by atoms with E-state index in [1.165, 1.54) is 0 Å². The van der Waals surface area contributed by atoms with Crippen molar-refractivity contribution in [3.8, 4) is 11.1 Å². The van der Waals surface area contributed by atoms with Crippen LogP contribution >= 0.6 is 11.6 Å². The van der Waals surface area contributed by atoms with E-state index in [-0.39, 0.29) is 0 Å². The van der Waals surface area contributed by atoms with Crippen LogP contribution in [-0.4, -0.2) is 9.97 Å². The van der Waals surface area contributed by atoms with Gasteiger partial charge in [-0.2, -0.15) is 0 Å². The lowest BCUT2D eigenvalue weighted by Gasteiger charge is -2.09. The van der Waals surface area contributed by atoms with Gasteiger partial charge in [0.05, 0.1) is 5.69 Å². The summed E-state index contributed by atoms with van der Waals surface area (Å²) >= 11 is 5.82. The van der Waals surface area contributed by atoms with E-state index in [1.807, 2.05) is 30.3 Å². The van der Waals surface area contributed by atoms with E-state index in [4.69, 9.17) is 17.3 Å². The highest BCUT2D eigenvalue weighted by molar-refractivity contribution is 6.29. The van der Waals surface area contributed by atoms with Crippen molar-refractivity contribution in [3.63, 3.8) is 0 Å². The van der Waals surface area contributed by atoms with Crippen LogP contribution in [0.15, 0.2) is 60.9 Å². The van der Waals surface area contributed by atoms with Crippen LogP contribution in [-0.2, 0) is 6.54 Å². The van der Waals surface area contributed by atoms with Gasteiger partial charge in [-0.3, -0.25) is 0 Å². The molecule has 0 aliphatic heterocycles. The van der Waals surface area contributed by atoms with Gasteiger partial charge < -0.3 is 11.1 Å². The maximum atomic E-state index is 5.83. The quantitative estimate of drug-likeness (QED) is 0.715. The smallest absolute Gasteiger partial charge is 0.146 e. The van der Waals surface area contributed by atoms with Crippen LogP contribution in [0.4, 0.5) is 11.5 Å². The maximum absolute atomic E-state index is 5.83. The van der Waals surface area contributed by atoms with Crippen LogP contribution in [0.2, 0.25) is 5.15 Å². The third-order valence-corrected chi connectivity index (χ3v) is 3.53. The van der Waals surface area contributed by atoms with E-state index in [9.17, 15) is 0 Å². The number of pyridine rings is 2. The average Bonchev–Trinajstić information content (AvgIpc) is 2.55. The van der Waals surface area contributed by atoms with Gasteiger partial charge in [0, 0.05) is 24.5 Å². The normalized spacial score (nSPS) is 10.4. The minimum atomic E-state index is 0.494. The lowest BCUT2D eigenvalue weighted by molar-refractivity contribution is 1.14. The van der Waals surface area contributed by atoms with Gasteiger partial charge in [0.1, 0.15) is 11.0 Å². The lowest BCUT2D eigenvalue weighted by atomic mass is 10.0.